The largest absolute Gasteiger partial charge is 0.497 e. The molecule has 0 N–H and O–H groups in total. The van der Waals surface area contributed by atoms with Crippen molar-refractivity contribution in [1.29, 1.82) is 0 Å². The van der Waals surface area contributed by atoms with Crippen LogP contribution >= 0.6 is 0 Å². The van der Waals surface area contributed by atoms with Crippen LogP contribution < -0.4 is 4.74 Å². The number of hydrogen-bond acceptors (Lipinski definition) is 1. The van der Waals surface area contributed by atoms with Crippen LogP contribution in [-0.2, 0) is 0 Å². The lowest BCUT2D eigenvalue weighted by atomic mass is 9.99. The summed E-state index contributed by atoms with van der Waals surface area (Å²) in [5, 5.41) is 0. The van der Waals surface area contributed by atoms with Crippen molar-refractivity contribution in [2.75, 3.05) is 7.11 Å². The van der Waals surface area contributed by atoms with Gasteiger partial charge in [-0.3, -0.25) is 0 Å². The van der Waals surface area contributed by atoms with Crippen molar-refractivity contribution < 1.29 is 4.74 Å². The van der Waals surface area contributed by atoms with Crippen molar-refractivity contribution in [2.24, 2.45) is 0 Å². The maximum atomic E-state index is 5.19. The fourth-order valence-electron chi connectivity index (χ4n) is 2.04. The van der Waals surface area contributed by atoms with E-state index in [0.29, 0.717) is 0 Å². The number of allylic oxidation sites excluding steroid dienone is 2. The van der Waals surface area contributed by atoms with Gasteiger partial charge < -0.3 is 4.74 Å². The highest BCUT2D eigenvalue weighted by atomic mass is 16.5. The predicted octanol–water partition coefficient (Wildman–Crippen LogP) is 4.43. The topological polar surface area (TPSA) is 9.23 Å². The van der Waals surface area contributed by atoms with Gasteiger partial charge in [0.25, 0.3) is 0 Å². The minimum Gasteiger partial charge on any atom is -0.497 e. The molecule has 0 heterocycles. The summed E-state index contributed by atoms with van der Waals surface area (Å²) in [6, 6.07) is 8.50. The number of ether oxygens (including phenoxy) is 1. The molecule has 16 heavy (non-hydrogen) atoms. The SMILES string of the molecule is CCCCC(=C1CC1)c1ccc(OC)cc1. The Balaban J connectivity index is 2.16. The molecule has 1 nitrogen and oxygen atoms in total. The van der Waals surface area contributed by atoms with Gasteiger partial charge in [-0.2, -0.15) is 0 Å². The molecule has 1 aromatic carbocycles. The molecular weight excluding hydrogens is 196 g/mol. The first kappa shape index (κ1) is 11.3. The molecule has 0 amide bonds. The third kappa shape index (κ3) is 2.66. The molecule has 1 fully saturated rings. The quantitative estimate of drug-likeness (QED) is 0.707. The minimum absolute atomic E-state index is 0.944. The number of unbranched alkanes of at least 4 members (excludes halogenated alkanes) is 1. The molecule has 0 radical (unpaired) electrons. The Bertz CT molecular complexity index is 367. The van der Waals surface area contributed by atoms with Gasteiger partial charge in [-0.15, -0.1) is 0 Å². The maximum absolute atomic E-state index is 5.19. The van der Waals surface area contributed by atoms with Crippen LogP contribution in [0.3, 0.4) is 0 Å². The molecule has 0 bridgehead atoms. The number of methoxy groups -OCH3 is 1. The van der Waals surface area contributed by atoms with Crippen LogP contribution in [0, 0.1) is 0 Å². The Kier molecular flexibility index (Phi) is 3.66. The average Bonchev–Trinajstić information content (AvgIpc) is 3.15. The summed E-state index contributed by atoms with van der Waals surface area (Å²) in [6.45, 7) is 2.25. The van der Waals surface area contributed by atoms with Gasteiger partial charge in [0, 0.05) is 0 Å². The zero-order chi connectivity index (χ0) is 11.4. The molecule has 0 spiro atoms. The van der Waals surface area contributed by atoms with E-state index in [1.54, 1.807) is 18.3 Å². The maximum Gasteiger partial charge on any atom is 0.118 e. The van der Waals surface area contributed by atoms with Crippen molar-refractivity contribution in [1.82, 2.24) is 0 Å². The van der Waals surface area contributed by atoms with Crippen LogP contribution in [0.25, 0.3) is 5.57 Å². The highest BCUT2D eigenvalue weighted by molar-refractivity contribution is 5.71. The van der Waals surface area contributed by atoms with Crippen LogP contribution in [0.1, 0.15) is 44.6 Å². The standard InChI is InChI=1S/C15H20O/c1-3-4-5-15(12-6-7-12)13-8-10-14(16-2)11-9-13/h8-11H,3-7H2,1-2H3. The predicted molar refractivity (Wildman–Crippen MR) is 68.7 cm³/mol. The third-order valence-electron chi connectivity index (χ3n) is 3.15. The van der Waals surface area contributed by atoms with Crippen LogP contribution in [-0.4, -0.2) is 7.11 Å². The van der Waals surface area contributed by atoms with E-state index < -0.39 is 0 Å². The molecule has 0 unspecified atom stereocenters. The van der Waals surface area contributed by atoms with Crippen molar-refractivity contribution in [3.05, 3.63) is 35.4 Å². The molecule has 1 aliphatic rings. The molecule has 0 atom stereocenters. The first-order valence-corrected chi connectivity index (χ1v) is 6.20. The summed E-state index contributed by atoms with van der Waals surface area (Å²) in [5.41, 5.74) is 4.64. The average molecular weight is 216 g/mol. The minimum atomic E-state index is 0.944. The van der Waals surface area contributed by atoms with E-state index in [0.717, 1.165) is 5.75 Å². The van der Waals surface area contributed by atoms with Crippen LogP contribution in [0.15, 0.2) is 29.8 Å². The summed E-state index contributed by atoms with van der Waals surface area (Å²) in [6.07, 6.45) is 6.42. The van der Waals surface area contributed by atoms with Gasteiger partial charge in [-0.05, 0) is 49.0 Å². The van der Waals surface area contributed by atoms with E-state index in [9.17, 15) is 0 Å². The van der Waals surface area contributed by atoms with Crippen molar-refractivity contribution >= 4 is 5.57 Å². The van der Waals surface area contributed by atoms with Crippen LogP contribution in [0.5, 0.6) is 5.75 Å². The van der Waals surface area contributed by atoms with Gasteiger partial charge in [0.15, 0.2) is 0 Å². The van der Waals surface area contributed by atoms with Crippen molar-refractivity contribution in [3.8, 4) is 5.75 Å². The summed E-state index contributed by atoms with van der Waals surface area (Å²) in [4.78, 5) is 0. The monoisotopic (exact) mass is 216 g/mol. The lowest BCUT2D eigenvalue weighted by molar-refractivity contribution is 0.415. The molecule has 1 heteroatoms. The Morgan fingerprint density at radius 2 is 1.88 bits per heavy atom. The molecule has 1 aliphatic carbocycles. The van der Waals surface area contributed by atoms with Gasteiger partial charge in [0.2, 0.25) is 0 Å². The smallest absolute Gasteiger partial charge is 0.118 e. The van der Waals surface area contributed by atoms with Crippen molar-refractivity contribution in [2.45, 2.75) is 39.0 Å². The second-order valence-electron chi connectivity index (χ2n) is 4.41. The summed E-state index contributed by atoms with van der Waals surface area (Å²) in [5.74, 6) is 0.944. The van der Waals surface area contributed by atoms with E-state index >= 15 is 0 Å². The molecule has 0 aliphatic heterocycles. The van der Waals surface area contributed by atoms with E-state index in [1.807, 2.05) is 0 Å². The van der Waals surface area contributed by atoms with Gasteiger partial charge in [-0.1, -0.05) is 31.1 Å². The lowest BCUT2D eigenvalue weighted by Crippen LogP contribution is -1.87. The second-order valence-corrected chi connectivity index (χ2v) is 4.41. The first-order valence-electron chi connectivity index (χ1n) is 6.20. The summed E-state index contributed by atoms with van der Waals surface area (Å²) in [7, 11) is 1.71. The van der Waals surface area contributed by atoms with Gasteiger partial charge >= 0.3 is 0 Å². The van der Waals surface area contributed by atoms with Crippen molar-refractivity contribution in [3.63, 3.8) is 0 Å². The number of rotatable bonds is 5. The van der Waals surface area contributed by atoms with E-state index in [-0.39, 0.29) is 0 Å². The highest BCUT2D eigenvalue weighted by Crippen LogP contribution is 2.39. The second kappa shape index (κ2) is 5.20. The highest BCUT2D eigenvalue weighted by Gasteiger charge is 2.18. The lowest BCUT2D eigenvalue weighted by Gasteiger charge is -2.08. The zero-order valence-electron chi connectivity index (χ0n) is 10.3. The third-order valence-corrected chi connectivity index (χ3v) is 3.15. The first-order chi connectivity index (χ1) is 7.85. The molecule has 1 saturated carbocycles. The van der Waals surface area contributed by atoms with E-state index in [4.69, 9.17) is 4.74 Å². The fourth-order valence-corrected chi connectivity index (χ4v) is 2.04. The fraction of sp³-hybridized carbons (Fsp3) is 0.467. The Morgan fingerprint density at radius 3 is 2.38 bits per heavy atom. The zero-order valence-corrected chi connectivity index (χ0v) is 10.3. The van der Waals surface area contributed by atoms with E-state index in [1.165, 1.54) is 37.7 Å². The molecule has 1 aromatic rings. The molecule has 86 valence electrons. The number of benzene rings is 1. The Morgan fingerprint density at radius 1 is 1.19 bits per heavy atom. The Hall–Kier alpha value is -1.24. The summed E-state index contributed by atoms with van der Waals surface area (Å²) < 4.78 is 5.19. The van der Waals surface area contributed by atoms with Gasteiger partial charge in [-0.25, -0.2) is 0 Å². The van der Waals surface area contributed by atoms with E-state index in [2.05, 4.69) is 31.2 Å². The normalized spacial score (nSPS) is 13.8. The molecular formula is C15H20O. The van der Waals surface area contributed by atoms with Gasteiger partial charge in [0.05, 0.1) is 7.11 Å². The Labute approximate surface area is 98.1 Å². The number of hydrogen-bond donors (Lipinski definition) is 0. The van der Waals surface area contributed by atoms with Gasteiger partial charge in [0.1, 0.15) is 5.75 Å². The molecule has 0 saturated heterocycles. The summed E-state index contributed by atoms with van der Waals surface area (Å²) >= 11 is 0. The molecule has 0 aromatic heterocycles. The molecule has 2 rings (SSSR count). The van der Waals surface area contributed by atoms with Crippen LogP contribution in [0.4, 0.5) is 0 Å². The van der Waals surface area contributed by atoms with Crippen LogP contribution in [0.2, 0.25) is 0 Å².